The number of halogens is 2. The zero-order valence-electron chi connectivity index (χ0n) is 11.8. The van der Waals surface area contributed by atoms with Crippen molar-refractivity contribution in [2.24, 2.45) is 0 Å². The number of hydrogen-bond donors (Lipinski definition) is 1. The van der Waals surface area contributed by atoms with Crippen LogP contribution in [-0.2, 0) is 4.74 Å². The van der Waals surface area contributed by atoms with E-state index < -0.39 is 11.7 Å². The van der Waals surface area contributed by atoms with Crippen molar-refractivity contribution in [2.45, 2.75) is 44.9 Å². The summed E-state index contributed by atoms with van der Waals surface area (Å²) in [6.45, 7) is 7.33. The van der Waals surface area contributed by atoms with Crippen LogP contribution in [0.1, 0.15) is 34.1 Å². The normalized spacial score (nSPS) is 11.3. The van der Waals surface area contributed by atoms with Gasteiger partial charge < -0.3 is 4.74 Å². The van der Waals surface area contributed by atoms with Crippen LogP contribution < -0.4 is 5.32 Å². The molecular formula is C12H17Cl2N3O2S. The van der Waals surface area contributed by atoms with Gasteiger partial charge in [0.25, 0.3) is 0 Å². The lowest BCUT2D eigenvalue weighted by Crippen LogP contribution is -2.27. The van der Waals surface area contributed by atoms with E-state index in [0.29, 0.717) is 5.16 Å². The highest BCUT2D eigenvalue weighted by Gasteiger charge is 2.20. The Morgan fingerprint density at radius 3 is 2.30 bits per heavy atom. The number of nitrogens with one attached hydrogen (secondary N) is 1. The minimum Gasteiger partial charge on any atom is -0.444 e. The summed E-state index contributed by atoms with van der Waals surface area (Å²) in [4.78, 5) is 19.8. The van der Waals surface area contributed by atoms with E-state index in [-0.39, 0.29) is 16.0 Å². The van der Waals surface area contributed by atoms with Crippen LogP contribution in [0.15, 0.2) is 5.16 Å². The van der Waals surface area contributed by atoms with Crippen LogP contribution >= 0.6 is 35.0 Å². The Morgan fingerprint density at radius 2 is 1.85 bits per heavy atom. The van der Waals surface area contributed by atoms with Gasteiger partial charge in [-0.3, -0.25) is 5.32 Å². The van der Waals surface area contributed by atoms with Crippen molar-refractivity contribution in [1.29, 1.82) is 0 Å². The van der Waals surface area contributed by atoms with Gasteiger partial charge in [-0.2, -0.15) is 0 Å². The zero-order valence-corrected chi connectivity index (χ0v) is 14.1. The van der Waals surface area contributed by atoms with Gasteiger partial charge in [-0.25, -0.2) is 14.8 Å². The van der Waals surface area contributed by atoms with E-state index in [4.69, 9.17) is 27.9 Å². The number of thioether (sulfide) groups is 1. The van der Waals surface area contributed by atoms with Gasteiger partial charge in [-0.15, -0.1) is 0 Å². The molecule has 0 fully saturated rings. The first-order valence-corrected chi connectivity index (χ1v) is 7.83. The molecule has 0 radical (unpaired) electrons. The van der Waals surface area contributed by atoms with Crippen LogP contribution in [-0.4, -0.2) is 27.4 Å². The SMILES string of the molecule is CCCSc1nc(Cl)c(NC(=O)OC(C)(C)C)c(Cl)n1. The molecule has 0 saturated heterocycles. The molecule has 0 aliphatic rings. The third-order valence-corrected chi connectivity index (χ3v) is 3.46. The molecule has 0 saturated carbocycles. The Labute approximate surface area is 132 Å². The van der Waals surface area contributed by atoms with Crippen molar-refractivity contribution >= 4 is 46.7 Å². The van der Waals surface area contributed by atoms with E-state index in [1.807, 2.05) is 0 Å². The molecule has 0 aromatic carbocycles. The Morgan fingerprint density at radius 1 is 1.30 bits per heavy atom. The quantitative estimate of drug-likeness (QED) is 0.492. The first-order valence-electron chi connectivity index (χ1n) is 6.08. The maximum atomic E-state index is 11.7. The molecule has 1 N–H and O–H groups in total. The summed E-state index contributed by atoms with van der Waals surface area (Å²) in [6.07, 6.45) is 0.333. The summed E-state index contributed by atoms with van der Waals surface area (Å²) in [5, 5.41) is 3.13. The van der Waals surface area contributed by atoms with Crippen molar-refractivity contribution in [3.8, 4) is 0 Å². The van der Waals surface area contributed by atoms with Crippen LogP contribution in [0.2, 0.25) is 10.3 Å². The topological polar surface area (TPSA) is 64.1 Å². The van der Waals surface area contributed by atoms with E-state index in [1.54, 1.807) is 20.8 Å². The number of hydrogen-bond acceptors (Lipinski definition) is 5. The number of amides is 1. The summed E-state index contributed by atoms with van der Waals surface area (Å²) in [7, 11) is 0. The van der Waals surface area contributed by atoms with Gasteiger partial charge in [0.1, 0.15) is 11.3 Å². The van der Waals surface area contributed by atoms with Crippen LogP contribution in [0.4, 0.5) is 10.5 Å². The largest absolute Gasteiger partial charge is 0.444 e. The molecular weight excluding hydrogens is 321 g/mol. The molecule has 0 bridgehead atoms. The smallest absolute Gasteiger partial charge is 0.412 e. The Balaban J connectivity index is 2.83. The van der Waals surface area contributed by atoms with E-state index in [1.165, 1.54) is 11.8 Å². The molecule has 5 nitrogen and oxygen atoms in total. The minimum atomic E-state index is -0.654. The van der Waals surface area contributed by atoms with Crippen molar-refractivity contribution in [1.82, 2.24) is 9.97 Å². The lowest BCUT2D eigenvalue weighted by molar-refractivity contribution is 0.0636. The second kappa shape index (κ2) is 7.33. The Kier molecular flexibility index (Phi) is 6.36. The second-order valence-electron chi connectivity index (χ2n) is 4.94. The van der Waals surface area contributed by atoms with E-state index >= 15 is 0 Å². The summed E-state index contributed by atoms with van der Waals surface area (Å²) < 4.78 is 5.12. The standard InChI is InChI=1S/C12H17Cl2N3O2S/c1-5-6-20-10-16-8(13)7(9(14)17-10)15-11(18)19-12(2,3)4/h5-6H2,1-4H3,(H,15,18). The first-order chi connectivity index (χ1) is 9.23. The number of carbonyl (C=O) groups is 1. The highest BCUT2D eigenvalue weighted by atomic mass is 35.5. The molecule has 20 heavy (non-hydrogen) atoms. The number of anilines is 1. The summed E-state index contributed by atoms with van der Waals surface area (Å²) in [5.74, 6) is 0.867. The summed E-state index contributed by atoms with van der Waals surface area (Å²) in [6, 6.07) is 0. The fraction of sp³-hybridized carbons (Fsp3) is 0.583. The Bertz CT molecular complexity index is 469. The van der Waals surface area contributed by atoms with Crippen molar-refractivity contribution < 1.29 is 9.53 Å². The highest BCUT2D eigenvalue weighted by molar-refractivity contribution is 7.99. The second-order valence-corrected chi connectivity index (χ2v) is 6.72. The van der Waals surface area contributed by atoms with Gasteiger partial charge in [0.2, 0.25) is 0 Å². The maximum Gasteiger partial charge on any atom is 0.412 e. The van der Waals surface area contributed by atoms with Crippen LogP contribution in [0.25, 0.3) is 0 Å². The van der Waals surface area contributed by atoms with E-state index in [0.717, 1.165) is 12.2 Å². The van der Waals surface area contributed by atoms with E-state index in [9.17, 15) is 4.79 Å². The monoisotopic (exact) mass is 337 g/mol. The molecule has 1 rings (SSSR count). The number of nitrogens with zero attached hydrogens (tertiary/aromatic N) is 2. The molecule has 0 spiro atoms. The fourth-order valence-electron chi connectivity index (χ4n) is 1.16. The number of rotatable bonds is 4. The lowest BCUT2D eigenvalue weighted by atomic mass is 10.2. The predicted octanol–water partition coefficient (Wildman–Crippen LogP) is 4.63. The molecule has 8 heteroatoms. The number of aromatic nitrogens is 2. The van der Waals surface area contributed by atoms with Gasteiger partial charge in [0.05, 0.1) is 0 Å². The van der Waals surface area contributed by atoms with Crippen molar-refractivity contribution in [3.05, 3.63) is 10.3 Å². The Hall–Kier alpha value is -0.720. The predicted molar refractivity (Wildman–Crippen MR) is 82.9 cm³/mol. The zero-order chi connectivity index (χ0) is 15.3. The van der Waals surface area contributed by atoms with Gasteiger partial charge in [-0.1, -0.05) is 41.9 Å². The number of carbonyl (C=O) groups excluding carboxylic acids is 1. The van der Waals surface area contributed by atoms with Gasteiger partial charge >= 0.3 is 6.09 Å². The molecule has 0 atom stereocenters. The number of ether oxygens (including phenoxy) is 1. The average Bonchev–Trinajstić information content (AvgIpc) is 2.29. The van der Waals surface area contributed by atoms with Gasteiger partial charge in [-0.05, 0) is 27.2 Å². The molecule has 0 aliphatic carbocycles. The molecule has 1 amide bonds. The van der Waals surface area contributed by atoms with Gasteiger partial charge in [0, 0.05) is 5.75 Å². The van der Waals surface area contributed by atoms with Crippen LogP contribution in [0, 0.1) is 0 Å². The van der Waals surface area contributed by atoms with Crippen LogP contribution in [0.5, 0.6) is 0 Å². The molecule has 0 unspecified atom stereocenters. The molecule has 112 valence electrons. The summed E-state index contributed by atoms with van der Waals surface area (Å²) in [5.41, 5.74) is -0.454. The minimum absolute atomic E-state index is 0.0921. The lowest BCUT2D eigenvalue weighted by Gasteiger charge is -2.20. The molecule has 1 aromatic heterocycles. The third-order valence-electron chi connectivity index (χ3n) is 1.86. The summed E-state index contributed by atoms with van der Waals surface area (Å²) >= 11 is 13.5. The molecule has 1 heterocycles. The molecule has 0 aliphatic heterocycles. The average molecular weight is 338 g/mol. The molecule has 1 aromatic rings. The van der Waals surface area contributed by atoms with Gasteiger partial charge in [0.15, 0.2) is 15.5 Å². The fourth-order valence-corrected chi connectivity index (χ4v) is 2.44. The van der Waals surface area contributed by atoms with E-state index in [2.05, 4.69) is 22.2 Å². The maximum absolute atomic E-state index is 11.7. The van der Waals surface area contributed by atoms with Crippen molar-refractivity contribution in [3.63, 3.8) is 0 Å². The first kappa shape index (κ1) is 17.3. The van der Waals surface area contributed by atoms with Crippen molar-refractivity contribution in [2.75, 3.05) is 11.1 Å². The van der Waals surface area contributed by atoms with Crippen LogP contribution in [0.3, 0.4) is 0 Å². The highest BCUT2D eigenvalue weighted by Crippen LogP contribution is 2.30. The third kappa shape index (κ3) is 5.73.